The molecule has 4 heteroatoms. The standard InChI is InChI=1S/C15H23NO3/c1-15(2,3)16-14(18)10-9-12(17)11-7-5-6-8-13(11)19-4/h5-8,12,17H,9-10H2,1-4H3,(H,16,18). The van der Waals surface area contributed by atoms with Crippen molar-refractivity contribution in [2.45, 2.75) is 45.3 Å². The minimum atomic E-state index is -0.693. The number of amides is 1. The first-order valence-electron chi connectivity index (χ1n) is 6.45. The van der Waals surface area contributed by atoms with Crippen molar-refractivity contribution >= 4 is 5.91 Å². The van der Waals surface area contributed by atoms with Crippen LogP contribution in [0.2, 0.25) is 0 Å². The van der Waals surface area contributed by atoms with Crippen molar-refractivity contribution < 1.29 is 14.6 Å². The fourth-order valence-electron chi connectivity index (χ4n) is 1.85. The minimum Gasteiger partial charge on any atom is -0.496 e. The summed E-state index contributed by atoms with van der Waals surface area (Å²) in [6, 6.07) is 7.30. The Bertz CT molecular complexity index is 424. The van der Waals surface area contributed by atoms with Crippen LogP contribution in [0.3, 0.4) is 0 Å². The van der Waals surface area contributed by atoms with Gasteiger partial charge in [-0.05, 0) is 33.3 Å². The Hall–Kier alpha value is -1.55. The Morgan fingerprint density at radius 2 is 2.00 bits per heavy atom. The maximum absolute atomic E-state index is 11.7. The Morgan fingerprint density at radius 1 is 1.37 bits per heavy atom. The molecular formula is C15H23NO3. The van der Waals surface area contributed by atoms with E-state index in [2.05, 4.69) is 5.32 Å². The van der Waals surface area contributed by atoms with Crippen LogP contribution in [0.5, 0.6) is 5.75 Å². The van der Waals surface area contributed by atoms with Crippen molar-refractivity contribution in [3.8, 4) is 5.75 Å². The highest BCUT2D eigenvalue weighted by Crippen LogP contribution is 2.27. The van der Waals surface area contributed by atoms with E-state index in [0.29, 0.717) is 17.7 Å². The first-order chi connectivity index (χ1) is 8.83. The molecule has 0 heterocycles. The number of hydrogen-bond donors (Lipinski definition) is 2. The second kappa shape index (κ2) is 6.57. The van der Waals surface area contributed by atoms with E-state index in [0.717, 1.165) is 0 Å². The second-order valence-electron chi connectivity index (χ2n) is 5.59. The van der Waals surface area contributed by atoms with Crippen molar-refractivity contribution in [3.63, 3.8) is 0 Å². The summed E-state index contributed by atoms with van der Waals surface area (Å²) in [5.74, 6) is 0.590. The Balaban J connectivity index is 2.56. The lowest BCUT2D eigenvalue weighted by Crippen LogP contribution is -2.40. The number of para-hydroxylation sites is 1. The molecule has 1 unspecified atom stereocenters. The molecule has 0 saturated heterocycles. The highest BCUT2D eigenvalue weighted by Gasteiger charge is 2.17. The maximum Gasteiger partial charge on any atom is 0.220 e. The molecule has 0 saturated carbocycles. The van der Waals surface area contributed by atoms with E-state index in [4.69, 9.17) is 4.74 Å². The third-order valence-electron chi connectivity index (χ3n) is 2.66. The van der Waals surface area contributed by atoms with Gasteiger partial charge in [0, 0.05) is 17.5 Å². The van der Waals surface area contributed by atoms with Gasteiger partial charge in [-0.3, -0.25) is 4.79 Å². The van der Waals surface area contributed by atoms with Crippen LogP contribution in [-0.2, 0) is 4.79 Å². The van der Waals surface area contributed by atoms with E-state index in [1.54, 1.807) is 13.2 Å². The monoisotopic (exact) mass is 265 g/mol. The molecule has 0 aliphatic heterocycles. The van der Waals surface area contributed by atoms with Gasteiger partial charge in [-0.15, -0.1) is 0 Å². The topological polar surface area (TPSA) is 58.6 Å². The number of ether oxygens (including phenoxy) is 1. The van der Waals surface area contributed by atoms with E-state index >= 15 is 0 Å². The predicted molar refractivity (Wildman–Crippen MR) is 75.1 cm³/mol. The molecule has 0 aliphatic carbocycles. The fourth-order valence-corrected chi connectivity index (χ4v) is 1.85. The lowest BCUT2D eigenvalue weighted by atomic mass is 10.0. The average molecular weight is 265 g/mol. The molecule has 106 valence electrons. The molecule has 19 heavy (non-hydrogen) atoms. The number of rotatable bonds is 5. The van der Waals surface area contributed by atoms with Gasteiger partial charge in [-0.25, -0.2) is 0 Å². The van der Waals surface area contributed by atoms with Crippen molar-refractivity contribution in [2.24, 2.45) is 0 Å². The molecule has 1 rings (SSSR count). The van der Waals surface area contributed by atoms with Crippen LogP contribution < -0.4 is 10.1 Å². The highest BCUT2D eigenvalue weighted by atomic mass is 16.5. The third-order valence-corrected chi connectivity index (χ3v) is 2.66. The van der Waals surface area contributed by atoms with Crippen LogP contribution in [0.25, 0.3) is 0 Å². The lowest BCUT2D eigenvalue weighted by Gasteiger charge is -2.21. The van der Waals surface area contributed by atoms with Gasteiger partial charge < -0.3 is 15.2 Å². The number of benzene rings is 1. The van der Waals surface area contributed by atoms with Crippen LogP contribution in [0, 0.1) is 0 Å². The largest absolute Gasteiger partial charge is 0.496 e. The summed E-state index contributed by atoms with van der Waals surface area (Å²) < 4.78 is 5.19. The highest BCUT2D eigenvalue weighted by molar-refractivity contribution is 5.76. The first-order valence-corrected chi connectivity index (χ1v) is 6.45. The van der Waals surface area contributed by atoms with Gasteiger partial charge in [0.15, 0.2) is 0 Å². The first kappa shape index (κ1) is 15.5. The van der Waals surface area contributed by atoms with Gasteiger partial charge in [0.05, 0.1) is 13.2 Å². The van der Waals surface area contributed by atoms with E-state index in [1.807, 2.05) is 39.0 Å². The summed E-state index contributed by atoms with van der Waals surface area (Å²) in [6.45, 7) is 5.80. The summed E-state index contributed by atoms with van der Waals surface area (Å²) in [7, 11) is 1.57. The van der Waals surface area contributed by atoms with Gasteiger partial charge in [0.1, 0.15) is 5.75 Å². The second-order valence-corrected chi connectivity index (χ2v) is 5.59. The normalized spacial score (nSPS) is 12.9. The van der Waals surface area contributed by atoms with E-state index in [1.165, 1.54) is 0 Å². The van der Waals surface area contributed by atoms with Crippen molar-refractivity contribution in [2.75, 3.05) is 7.11 Å². The maximum atomic E-state index is 11.7. The molecule has 1 atom stereocenters. The zero-order chi connectivity index (χ0) is 14.5. The van der Waals surface area contributed by atoms with Gasteiger partial charge in [-0.2, -0.15) is 0 Å². The number of carbonyl (C=O) groups is 1. The summed E-state index contributed by atoms with van der Waals surface area (Å²) in [6.07, 6.45) is -0.0273. The van der Waals surface area contributed by atoms with Crippen LogP contribution in [0.1, 0.15) is 45.3 Å². The molecule has 0 radical (unpaired) electrons. The molecule has 0 spiro atoms. The number of methoxy groups -OCH3 is 1. The fraction of sp³-hybridized carbons (Fsp3) is 0.533. The van der Waals surface area contributed by atoms with E-state index in [-0.39, 0.29) is 17.9 Å². The number of hydrogen-bond acceptors (Lipinski definition) is 3. The summed E-state index contributed by atoms with van der Waals surface area (Å²) >= 11 is 0. The van der Waals surface area contributed by atoms with Gasteiger partial charge >= 0.3 is 0 Å². The Kier molecular flexibility index (Phi) is 5.36. The van der Waals surface area contributed by atoms with Crippen LogP contribution in [-0.4, -0.2) is 23.7 Å². The molecule has 4 nitrogen and oxygen atoms in total. The van der Waals surface area contributed by atoms with E-state index < -0.39 is 6.10 Å². The molecule has 0 aliphatic rings. The summed E-state index contributed by atoms with van der Waals surface area (Å²) in [5.41, 5.74) is 0.473. The molecule has 1 aromatic rings. The SMILES string of the molecule is COc1ccccc1C(O)CCC(=O)NC(C)(C)C. The molecular weight excluding hydrogens is 242 g/mol. The average Bonchev–Trinajstić information content (AvgIpc) is 2.33. The molecule has 0 fully saturated rings. The molecule has 0 bridgehead atoms. The Labute approximate surface area is 114 Å². The zero-order valence-electron chi connectivity index (χ0n) is 12.1. The molecule has 1 amide bonds. The summed E-state index contributed by atoms with van der Waals surface area (Å²) in [5, 5.41) is 13.0. The molecule has 1 aromatic carbocycles. The molecule has 2 N–H and O–H groups in total. The smallest absolute Gasteiger partial charge is 0.220 e. The van der Waals surface area contributed by atoms with Gasteiger partial charge in [0.25, 0.3) is 0 Å². The van der Waals surface area contributed by atoms with Gasteiger partial charge in [0.2, 0.25) is 5.91 Å². The van der Waals surface area contributed by atoms with Crippen LogP contribution in [0.4, 0.5) is 0 Å². The van der Waals surface area contributed by atoms with Crippen LogP contribution >= 0.6 is 0 Å². The van der Waals surface area contributed by atoms with Gasteiger partial charge in [-0.1, -0.05) is 18.2 Å². The number of aliphatic hydroxyl groups is 1. The van der Waals surface area contributed by atoms with Crippen LogP contribution in [0.15, 0.2) is 24.3 Å². The minimum absolute atomic E-state index is 0.0542. The zero-order valence-corrected chi connectivity index (χ0v) is 12.1. The number of nitrogens with one attached hydrogen (secondary N) is 1. The Morgan fingerprint density at radius 3 is 2.58 bits per heavy atom. The number of aliphatic hydroxyl groups excluding tert-OH is 1. The quantitative estimate of drug-likeness (QED) is 0.859. The lowest BCUT2D eigenvalue weighted by molar-refractivity contribution is -0.123. The van der Waals surface area contributed by atoms with E-state index in [9.17, 15) is 9.90 Å². The molecule has 0 aromatic heterocycles. The summed E-state index contributed by atoms with van der Waals surface area (Å²) in [4.78, 5) is 11.7. The predicted octanol–water partition coefficient (Wildman–Crippen LogP) is 2.42. The van der Waals surface area contributed by atoms with Crippen molar-refractivity contribution in [1.82, 2.24) is 5.32 Å². The third kappa shape index (κ3) is 5.30. The van der Waals surface area contributed by atoms with Crippen molar-refractivity contribution in [3.05, 3.63) is 29.8 Å². The van der Waals surface area contributed by atoms with Crippen molar-refractivity contribution in [1.29, 1.82) is 0 Å². The number of carbonyl (C=O) groups excluding carboxylic acids is 1.